The van der Waals surface area contributed by atoms with Crippen molar-refractivity contribution in [2.45, 2.75) is 44.6 Å². The van der Waals surface area contributed by atoms with Gasteiger partial charge in [0, 0.05) is 23.6 Å². The van der Waals surface area contributed by atoms with E-state index in [0.29, 0.717) is 23.4 Å². The number of nitrogens with one attached hydrogen (secondary N) is 1. The summed E-state index contributed by atoms with van der Waals surface area (Å²) in [5, 5.41) is 6.11. The third kappa shape index (κ3) is 4.95. The smallest absolute Gasteiger partial charge is 0.246 e. The van der Waals surface area contributed by atoms with Gasteiger partial charge >= 0.3 is 0 Å². The fourth-order valence-electron chi connectivity index (χ4n) is 4.36. The van der Waals surface area contributed by atoms with Crippen LogP contribution in [0.2, 0.25) is 0 Å². The van der Waals surface area contributed by atoms with Crippen LogP contribution >= 0.6 is 0 Å². The molecule has 0 spiro atoms. The largest absolute Gasteiger partial charge is 0.284 e. The summed E-state index contributed by atoms with van der Waals surface area (Å²) in [6, 6.07) is 12.9. The van der Waals surface area contributed by atoms with Gasteiger partial charge in [0.05, 0.1) is 18.0 Å². The number of rotatable bonds is 5. The fourth-order valence-corrected chi connectivity index (χ4v) is 4.92. The van der Waals surface area contributed by atoms with Crippen LogP contribution in [0.3, 0.4) is 0 Å². The fraction of sp³-hybridized carbons (Fsp3) is 0.391. The molecule has 1 fully saturated rings. The van der Waals surface area contributed by atoms with E-state index >= 15 is 0 Å². The lowest BCUT2D eigenvalue weighted by Gasteiger charge is -2.28. The molecule has 1 heterocycles. The van der Waals surface area contributed by atoms with Gasteiger partial charge in [-0.05, 0) is 36.6 Å². The van der Waals surface area contributed by atoms with Gasteiger partial charge in [-0.1, -0.05) is 49.6 Å². The minimum absolute atomic E-state index is 0.0432. The molecule has 31 heavy (non-hydrogen) atoms. The van der Waals surface area contributed by atoms with Crippen LogP contribution in [-0.2, 0) is 14.8 Å². The molecule has 0 radical (unpaired) electrons. The molecule has 4 rings (SSSR count). The number of carbonyl (C=O) groups excluding carboxylic acids is 1. The highest BCUT2D eigenvalue weighted by atomic mass is 32.2. The van der Waals surface area contributed by atoms with Crippen LogP contribution in [0.1, 0.15) is 55.7 Å². The number of nitrogens with zero attached hydrogens (tertiary/aromatic N) is 2. The Morgan fingerprint density at radius 3 is 2.39 bits per heavy atom. The lowest BCUT2D eigenvalue weighted by atomic mass is 9.88. The summed E-state index contributed by atoms with van der Waals surface area (Å²) in [6.07, 6.45) is 6.38. The maximum Gasteiger partial charge on any atom is 0.246 e. The van der Waals surface area contributed by atoms with Gasteiger partial charge in [0.15, 0.2) is 0 Å². The van der Waals surface area contributed by atoms with Crippen molar-refractivity contribution in [1.82, 2.24) is 5.01 Å². The lowest BCUT2D eigenvalue weighted by Crippen LogP contribution is -2.34. The average molecular weight is 444 g/mol. The Hall–Kier alpha value is -2.74. The first-order valence-electron chi connectivity index (χ1n) is 10.5. The maximum atomic E-state index is 14.6. The van der Waals surface area contributed by atoms with Gasteiger partial charge in [-0.3, -0.25) is 9.52 Å². The molecule has 2 aliphatic rings. The molecular weight excluding hydrogens is 417 g/mol. The summed E-state index contributed by atoms with van der Waals surface area (Å²) in [5.41, 5.74) is 2.37. The minimum Gasteiger partial charge on any atom is -0.284 e. The Labute approximate surface area is 182 Å². The summed E-state index contributed by atoms with van der Waals surface area (Å²) in [6.45, 7) is 0. The Bertz CT molecular complexity index is 1090. The molecule has 0 bridgehead atoms. The summed E-state index contributed by atoms with van der Waals surface area (Å²) in [5.74, 6) is -0.469. The summed E-state index contributed by atoms with van der Waals surface area (Å²) in [4.78, 5) is 13.3. The molecule has 2 aromatic rings. The average Bonchev–Trinajstić information content (AvgIpc) is 3.19. The van der Waals surface area contributed by atoms with Crippen LogP contribution in [0.25, 0.3) is 0 Å². The predicted octanol–water partition coefficient (Wildman–Crippen LogP) is 4.46. The van der Waals surface area contributed by atoms with E-state index in [4.69, 9.17) is 0 Å². The van der Waals surface area contributed by atoms with E-state index in [9.17, 15) is 17.6 Å². The van der Waals surface area contributed by atoms with E-state index in [1.165, 1.54) is 11.1 Å². The molecule has 1 N–H and O–H groups in total. The second kappa shape index (κ2) is 8.78. The van der Waals surface area contributed by atoms with Crippen LogP contribution in [0, 0.1) is 11.7 Å². The SMILES string of the molecule is CS(=O)(=O)Nc1ccc(C2=NN(C(=O)C3CCCCC3)[C@@H](c3ccccc3F)C2)cc1. The number of hydrogen-bond donors (Lipinski definition) is 1. The van der Waals surface area contributed by atoms with Crippen LogP contribution in [0.15, 0.2) is 53.6 Å². The minimum atomic E-state index is -3.37. The van der Waals surface area contributed by atoms with Gasteiger partial charge in [0.1, 0.15) is 5.82 Å². The van der Waals surface area contributed by atoms with Gasteiger partial charge < -0.3 is 0 Å². The highest BCUT2D eigenvalue weighted by Crippen LogP contribution is 2.37. The van der Waals surface area contributed by atoms with E-state index in [2.05, 4.69) is 9.82 Å². The molecule has 0 unspecified atom stereocenters. The second-order valence-corrected chi connectivity index (χ2v) is 10.0. The normalized spacial score (nSPS) is 19.9. The topological polar surface area (TPSA) is 78.8 Å². The van der Waals surface area contributed by atoms with Crippen molar-refractivity contribution < 1.29 is 17.6 Å². The Morgan fingerprint density at radius 2 is 1.74 bits per heavy atom. The van der Waals surface area contributed by atoms with E-state index in [-0.39, 0.29) is 17.6 Å². The monoisotopic (exact) mass is 443 g/mol. The standard InChI is InChI=1S/C23H26FN3O3S/c1-31(29,30)26-18-13-11-16(12-14-18)21-15-22(19-9-5-6-10-20(19)24)27(25-21)23(28)17-7-3-2-4-8-17/h5-6,9-14,17,22,26H,2-4,7-8,15H2,1H3/t22-/m1/s1. The molecule has 0 saturated heterocycles. The third-order valence-electron chi connectivity index (χ3n) is 5.88. The molecule has 1 saturated carbocycles. The molecular formula is C23H26FN3O3S. The molecule has 1 amide bonds. The van der Waals surface area contributed by atoms with Gasteiger partial charge in [0.2, 0.25) is 15.9 Å². The number of amides is 1. The van der Waals surface area contributed by atoms with Crippen LogP contribution in [0.5, 0.6) is 0 Å². The number of carbonyl (C=O) groups is 1. The van der Waals surface area contributed by atoms with Crippen LogP contribution in [0.4, 0.5) is 10.1 Å². The van der Waals surface area contributed by atoms with Crippen molar-refractivity contribution in [2.24, 2.45) is 11.0 Å². The predicted molar refractivity (Wildman–Crippen MR) is 119 cm³/mol. The molecule has 0 aromatic heterocycles. The first-order chi connectivity index (χ1) is 14.8. The Morgan fingerprint density at radius 1 is 1.06 bits per heavy atom. The summed E-state index contributed by atoms with van der Waals surface area (Å²) >= 11 is 0. The molecule has 1 aliphatic heterocycles. The lowest BCUT2D eigenvalue weighted by molar-refractivity contribution is -0.138. The van der Waals surface area contributed by atoms with Crippen LogP contribution in [-0.4, -0.2) is 31.3 Å². The quantitative estimate of drug-likeness (QED) is 0.741. The zero-order valence-electron chi connectivity index (χ0n) is 17.4. The third-order valence-corrected chi connectivity index (χ3v) is 6.48. The first kappa shape index (κ1) is 21.5. The highest BCUT2D eigenvalue weighted by Gasteiger charge is 2.37. The second-order valence-electron chi connectivity index (χ2n) is 8.26. The number of benzene rings is 2. The van der Waals surface area contributed by atoms with E-state index < -0.39 is 16.1 Å². The van der Waals surface area contributed by atoms with E-state index in [1.807, 2.05) is 0 Å². The van der Waals surface area contributed by atoms with Gasteiger partial charge in [-0.2, -0.15) is 5.10 Å². The van der Waals surface area contributed by atoms with Gasteiger partial charge in [0.25, 0.3) is 0 Å². The van der Waals surface area contributed by atoms with Crippen LogP contribution < -0.4 is 4.72 Å². The molecule has 2 aromatic carbocycles. The molecule has 8 heteroatoms. The number of anilines is 1. The number of hydrogen-bond acceptors (Lipinski definition) is 4. The summed E-state index contributed by atoms with van der Waals surface area (Å²) in [7, 11) is -3.37. The van der Waals surface area contributed by atoms with Crippen molar-refractivity contribution >= 4 is 27.3 Å². The first-order valence-corrected chi connectivity index (χ1v) is 12.4. The summed E-state index contributed by atoms with van der Waals surface area (Å²) < 4.78 is 39.9. The molecule has 1 aliphatic carbocycles. The molecule has 164 valence electrons. The van der Waals surface area contributed by atoms with Crippen molar-refractivity contribution in [3.63, 3.8) is 0 Å². The zero-order chi connectivity index (χ0) is 22.0. The molecule has 1 atom stereocenters. The maximum absolute atomic E-state index is 14.6. The van der Waals surface area contributed by atoms with Crippen molar-refractivity contribution in [1.29, 1.82) is 0 Å². The van der Waals surface area contributed by atoms with Crippen molar-refractivity contribution in [2.75, 3.05) is 11.0 Å². The zero-order valence-corrected chi connectivity index (χ0v) is 18.2. The Balaban J connectivity index is 1.64. The highest BCUT2D eigenvalue weighted by molar-refractivity contribution is 7.92. The number of sulfonamides is 1. The molecule has 6 nitrogen and oxygen atoms in total. The van der Waals surface area contributed by atoms with E-state index in [1.54, 1.807) is 42.5 Å². The van der Waals surface area contributed by atoms with Crippen molar-refractivity contribution in [3.8, 4) is 0 Å². The van der Waals surface area contributed by atoms with Crippen molar-refractivity contribution in [3.05, 3.63) is 65.5 Å². The number of hydrazone groups is 1. The van der Waals surface area contributed by atoms with Gasteiger partial charge in [-0.15, -0.1) is 0 Å². The van der Waals surface area contributed by atoms with E-state index in [0.717, 1.165) is 43.9 Å². The Kier molecular flexibility index (Phi) is 6.09. The number of halogens is 1. The van der Waals surface area contributed by atoms with Gasteiger partial charge in [-0.25, -0.2) is 17.8 Å².